The molecule has 32 heavy (non-hydrogen) atoms. The molecule has 3 aromatic carbocycles. The molecule has 0 unspecified atom stereocenters. The zero-order valence-corrected chi connectivity index (χ0v) is 18.1. The van der Waals surface area contributed by atoms with Crippen molar-refractivity contribution in [2.24, 2.45) is 0 Å². The Labute approximate surface area is 185 Å². The number of hydrogen-bond acceptors (Lipinski definition) is 5. The molecule has 5 rings (SSSR count). The SMILES string of the molecule is COc1cccc(-n2cc3cccc(Nc4ccc(-n5cnc(C)c5)c(OC)c4)c3n2)c1. The molecule has 0 fully saturated rings. The van der Waals surface area contributed by atoms with E-state index in [0.717, 1.165) is 50.8 Å². The Morgan fingerprint density at radius 3 is 2.56 bits per heavy atom. The molecule has 0 amide bonds. The average molecular weight is 425 g/mol. The van der Waals surface area contributed by atoms with Crippen LogP contribution in [0.2, 0.25) is 0 Å². The summed E-state index contributed by atoms with van der Waals surface area (Å²) in [4.78, 5) is 4.30. The predicted octanol–water partition coefficient (Wildman–Crippen LogP) is 5.28. The Morgan fingerprint density at radius 1 is 0.906 bits per heavy atom. The number of hydrogen-bond donors (Lipinski definition) is 1. The number of methoxy groups -OCH3 is 2. The lowest BCUT2D eigenvalue weighted by Gasteiger charge is -2.13. The van der Waals surface area contributed by atoms with Crippen molar-refractivity contribution < 1.29 is 9.47 Å². The summed E-state index contributed by atoms with van der Waals surface area (Å²) >= 11 is 0. The monoisotopic (exact) mass is 425 g/mol. The molecule has 0 aliphatic carbocycles. The van der Waals surface area contributed by atoms with E-state index < -0.39 is 0 Å². The van der Waals surface area contributed by atoms with Gasteiger partial charge in [-0.1, -0.05) is 18.2 Å². The summed E-state index contributed by atoms with van der Waals surface area (Å²) in [6.07, 6.45) is 5.77. The summed E-state index contributed by atoms with van der Waals surface area (Å²) in [5, 5.41) is 9.34. The average Bonchev–Trinajstić information content (AvgIpc) is 3.46. The highest BCUT2D eigenvalue weighted by atomic mass is 16.5. The number of aromatic nitrogens is 4. The maximum absolute atomic E-state index is 5.64. The molecular formula is C25H23N5O2. The molecule has 0 aliphatic heterocycles. The minimum atomic E-state index is 0.751. The summed E-state index contributed by atoms with van der Waals surface area (Å²) in [5.74, 6) is 1.54. The van der Waals surface area contributed by atoms with E-state index in [1.54, 1.807) is 20.5 Å². The van der Waals surface area contributed by atoms with Crippen molar-refractivity contribution in [2.75, 3.05) is 19.5 Å². The van der Waals surface area contributed by atoms with E-state index in [-0.39, 0.29) is 0 Å². The molecule has 7 heteroatoms. The van der Waals surface area contributed by atoms with E-state index in [2.05, 4.69) is 16.4 Å². The second-order valence-corrected chi connectivity index (χ2v) is 7.45. The minimum Gasteiger partial charge on any atom is -0.497 e. The van der Waals surface area contributed by atoms with Gasteiger partial charge in [0.25, 0.3) is 0 Å². The van der Waals surface area contributed by atoms with Gasteiger partial charge in [-0.05, 0) is 37.3 Å². The molecule has 0 spiro atoms. The number of fused-ring (bicyclic) bond motifs is 1. The van der Waals surface area contributed by atoms with Crippen LogP contribution in [0.1, 0.15) is 5.69 Å². The highest BCUT2D eigenvalue weighted by molar-refractivity contribution is 5.92. The van der Waals surface area contributed by atoms with Crippen molar-refractivity contribution in [3.63, 3.8) is 0 Å². The van der Waals surface area contributed by atoms with Gasteiger partial charge in [0.15, 0.2) is 0 Å². The van der Waals surface area contributed by atoms with Crippen LogP contribution in [-0.2, 0) is 0 Å². The zero-order valence-electron chi connectivity index (χ0n) is 18.1. The fraction of sp³-hybridized carbons (Fsp3) is 0.120. The molecule has 7 nitrogen and oxygen atoms in total. The Hall–Kier alpha value is -4.26. The van der Waals surface area contributed by atoms with Crippen LogP contribution in [0, 0.1) is 6.92 Å². The number of aryl methyl sites for hydroxylation is 1. The molecule has 0 bridgehead atoms. The Bertz CT molecular complexity index is 1400. The van der Waals surface area contributed by atoms with Gasteiger partial charge in [0.1, 0.15) is 17.0 Å². The van der Waals surface area contributed by atoms with Gasteiger partial charge in [-0.15, -0.1) is 0 Å². The van der Waals surface area contributed by atoms with Crippen molar-refractivity contribution in [3.8, 4) is 22.9 Å². The van der Waals surface area contributed by atoms with Crippen LogP contribution in [0.25, 0.3) is 22.3 Å². The van der Waals surface area contributed by atoms with E-state index in [0.29, 0.717) is 0 Å². The maximum Gasteiger partial charge on any atom is 0.144 e. The van der Waals surface area contributed by atoms with Gasteiger partial charge in [0, 0.05) is 35.6 Å². The van der Waals surface area contributed by atoms with Gasteiger partial charge in [0.05, 0.1) is 43.3 Å². The second kappa shape index (κ2) is 8.11. The first-order valence-corrected chi connectivity index (χ1v) is 10.2. The van der Waals surface area contributed by atoms with Crippen molar-refractivity contribution in [1.29, 1.82) is 0 Å². The normalized spacial score (nSPS) is 11.0. The highest BCUT2D eigenvalue weighted by Gasteiger charge is 2.11. The minimum absolute atomic E-state index is 0.751. The van der Waals surface area contributed by atoms with Crippen LogP contribution in [0.4, 0.5) is 11.4 Å². The molecule has 0 saturated heterocycles. The van der Waals surface area contributed by atoms with E-state index in [1.807, 2.05) is 83.2 Å². The Kier molecular flexibility index (Phi) is 4.99. The summed E-state index contributed by atoms with van der Waals surface area (Å²) in [6, 6.07) is 19.9. The highest BCUT2D eigenvalue weighted by Crippen LogP contribution is 2.31. The van der Waals surface area contributed by atoms with Crippen molar-refractivity contribution >= 4 is 22.3 Å². The number of benzene rings is 3. The topological polar surface area (TPSA) is 66.1 Å². The number of ether oxygens (including phenoxy) is 2. The molecule has 1 N–H and O–H groups in total. The van der Waals surface area contributed by atoms with Crippen LogP contribution in [0.3, 0.4) is 0 Å². The van der Waals surface area contributed by atoms with E-state index in [4.69, 9.17) is 14.6 Å². The van der Waals surface area contributed by atoms with Gasteiger partial charge in [0.2, 0.25) is 0 Å². The van der Waals surface area contributed by atoms with Gasteiger partial charge in [-0.2, -0.15) is 5.10 Å². The summed E-state index contributed by atoms with van der Waals surface area (Å²) in [6.45, 7) is 1.96. The van der Waals surface area contributed by atoms with Crippen LogP contribution < -0.4 is 14.8 Å². The van der Waals surface area contributed by atoms with Crippen LogP contribution in [-0.4, -0.2) is 33.6 Å². The summed E-state index contributed by atoms with van der Waals surface area (Å²) in [7, 11) is 3.33. The Balaban J connectivity index is 1.49. The predicted molar refractivity (Wildman–Crippen MR) is 126 cm³/mol. The number of rotatable bonds is 6. The van der Waals surface area contributed by atoms with Crippen LogP contribution in [0.15, 0.2) is 79.4 Å². The quantitative estimate of drug-likeness (QED) is 0.401. The zero-order chi connectivity index (χ0) is 22.1. The first-order chi connectivity index (χ1) is 15.6. The molecule has 5 aromatic rings. The van der Waals surface area contributed by atoms with Crippen molar-refractivity contribution in [2.45, 2.75) is 6.92 Å². The molecule has 160 valence electrons. The smallest absolute Gasteiger partial charge is 0.144 e. The largest absolute Gasteiger partial charge is 0.497 e. The molecule has 2 heterocycles. The first kappa shape index (κ1) is 19.7. The molecule has 2 aromatic heterocycles. The summed E-state index contributed by atoms with van der Waals surface area (Å²) < 4.78 is 14.8. The fourth-order valence-electron chi connectivity index (χ4n) is 3.71. The lowest BCUT2D eigenvalue weighted by molar-refractivity contribution is 0.413. The molecular weight excluding hydrogens is 402 g/mol. The number of anilines is 2. The van der Waals surface area contributed by atoms with Gasteiger partial charge < -0.3 is 19.4 Å². The fourth-order valence-corrected chi connectivity index (χ4v) is 3.71. The number of imidazole rings is 1. The molecule has 0 radical (unpaired) electrons. The van der Waals surface area contributed by atoms with Crippen LogP contribution >= 0.6 is 0 Å². The first-order valence-electron chi connectivity index (χ1n) is 10.2. The van der Waals surface area contributed by atoms with Crippen molar-refractivity contribution in [3.05, 3.63) is 85.1 Å². The second-order valence-electron chi connectivity index (χ2n) is 7.45. The van der Waals surface area contributed by atoms with Crippen LogP contribution in [0.5, 0.6) is 11.5 Å². The van der Waals surface area contributed by atoms with Gasteiger partial charge in [-0.3, -0.25) is 0 Å². The third-order valence-corrected chi connectivity index (χ3v) is 5.30. The molecule has 0 saturated carbocycles. The third kappa shape index (κ3) is 3.65. The third-order valence-electron chi connectivity index (χ3n) is 5.30. The lowest BCUT2D eigenvalue weighted by Crippen LogP contribution is -1.98. The van der Waals surface area contributed by atoms with Gasteiger partial charge >= 0.3 is 0 Å². The maximum atomic E-state index is 5.64. The van der Waals surface area contributed by atoms with Gasteiger partial charge in [-0.25, -0.2) is 9.67 Å². The Morgan fingerprint density at radius 2 is 1.78 bits per heavy atom. The molecule has 0 aliphatic rings. The van der Waals surface area contributed by atoms with E-state index in [9.17, 15) is 0 Å². The van der Waals surface area contributed by atoms with Crippen molar-refractivity contribution in [1.82, 2.24) is 19.3 Å². The number of nitrogens with zero attached hydrogens (tertiary/aromatic N) is 4. The number of nitrogens with one attached hydrogen (secondary N) is 1. The van der Waals surface area contributed by atoms with E-state index >= 15 is 0 Å². The summed E-state index contributed by atoms with van der Waals surface area (Å²) in [5.41, 5.74) is 5.52. The lowest BCUT2D eigenvalue weighted by atomic mass is 10.2. The van der Waals surface area contributed by atoms with E-state index in [1.165, 1.54) is 0 Å². The molecule has 0 atom stereocenters. The standard InChI is InChI=1S/C25H23N5O2/c1-17-14-29(16-26-17)23-11-10-19(12-24(23)32-3)27-22-9-4-6-18-15-30(28-25(18)22)20-7-5-8-21(13-20)31-2/h4-16,27H,1-3H3.